The van der Waals surface area contributed by atoms with Crippen LogP contribution in [-0.4, -0.2) is 48.0 Å². The van der Waals surface area contributed by atoms with E-state index in [2.05, 4.69) is 27.7 Å². The average molecular weight is 479 g/mol. The molecule has 0 radical (unpaired) electrons. The van der Waals surface area contributed by atoms with Gasteiger partial charge in [-0.2, -0.15) is 0 Å². The van der Waals surface area contributed by atoms with Gasteiger partial charge in [-0.15, -0.1) is 0 Å². The van der Waals surface area contributed by atoms with Gasteiger partial charge in [-0.25, -0.2) is 0 Å². The van der Waals surface area contributed by atoms with Crippen LogP contribution in [-0.2, 0) is 15.0 Å². The molecule has 1 saturated carbocycles. The summed E-state index contributed by atoms with van der Waals surface area (Å²) >= 11 is 5.47. The van der Waals surface area contributed by atoms with Crippen molar-refractivity contribution in [2.24, 2.45) is 0 Å². The highest BCUT2D eigenvalue weighted by atomic mass is 32.1. The molecule has 2 amide bonds. The summed E-state index contributed by atoms with van der Waals surface area (Å²) in [4.78, 5) is 29.6. The third-order valence-electron chi connectivity index (χ3n) is 7.03. The molecule has 2 aromatic rings. The number of hydrogen-bond acceptors (Lipinski definition) is 4. The summed E-state index contributed by atoms with van der Waals surface area (Å²) in [6.07, 6.45) is 5.30. The van der Waals surface area contributed by atoms with Crippen molar-refractivity contribution in [3.8, 4) is 0 Å². The Bertz CT molecular complexity index is 995. The fraction of sp³-hybridized carbons (Fsp3) is 0.444. The zero-order chi connectivity index (χ0) is 24.0. The van der Waals surface area contributed by atoms with Crippen molar-refractivity contribution in [3.05, 3.63) is 60.2 Å². The predicted octanol–water partition coefficient (Wildman–Crippen LogP) is 4.46. The molecule has 1 aliphatic heterocycles. The van der Waals surface area contributed by atoms with E-state index in [1.54, 1.807) is 0 Å². The lowest BCUT2D eigenvalue weighted by molar-refractivity contribution is -0.131. The van der Waals surface area contributed by atoms with E-state index in [-0.39, 0.29) is 11.8 Å². The van der Waals surface area contributed by atoms with Gasteiger partial charge in [0.2, 0.25) is 11.8 Å². The van der Waals surface area contributed by atoms with Gasteiger partial charge in [-0.1, -0.05) is 50.1 Å². The van der Waals surface area contributed by atoms with E-state index in [0.29, 0.717) is 11.5 Å². The standard InChI is InChI=1S/C27H34N4O2S/c1-2-8-24(32)31-19-17-30(18-20-31)23-13-11-22(12-14-23)28-26(34)29-25(33)27(15-6-7-16-27)21-9-4-3-5-10-21/h3-5,9-14H,2,6-8,15-20H2,1H3,(H2,28,29,33,34). The third-order valence-corrected chi connectivity index (χ3v) is 7.24. The maximum absolute atomic E-state index is 13.3. The molecule has 2 fully saturated rings. The molecule has 0 aromatic heterocycles. The zero-order valence-electron chi connectivity index (χ0n) is 19.9. The molecule has 34 heavy (non-hydrogen) atoms. The Morgan fingerprint density at radius 3 is 2.21 bits per heavy atom. The molecule has 6 nitrogen and oxygen atoms in total. The van der Waals surface area contributed by atoms with Gasteiger partial charge in [0.1, 0.15) is 0 Å². The number of rotatable bonds is 6. The molecule has 0 unspecified atom stereocenters. The molecular weight excluding hydrogens is 444 g/mol. The maximum atomic E-state index is 13.3. The Morgan fingerprint density at radius 1 is 0.941 bits per heavy atom. The van der Waals surface area contributed by atoms with E-state index in [0.717, 1.165) is 75.2 Å². The quantitative estimate of drug-likeness (QED) is 0.600. The predicted molar refractivity (Wildman–Crippen MR) is 141 cm³/mol. The van der Waals surface area contributed by atoms with Crippen molar-refractivity contribution in [3.63, 3.8) is 0 Å². The Kier molecular flexibility index (Phi) is 7.83. The number of anilines is 2. The Labute approximate surface area is 207 Å². The number of amides is 2. The van der Waals surface area contributed by atoms with Gasteiger partial charge in [0.15, 0.2) is 5.11 Å². The van der Waals surface area contributed by atoms with E-state index in [1.165, 1.54) is 0 Å². The molecule has 1 aliphatic carbocycles. The van der Waals surface area contributed by atoms with Gasteiger partial charge < -0.3 is 20.4 Å². The highest BCUT2D eigenvalue weighted by Crippen LogP contribution is 2.41. The third kappa shape index (κ3) is 5.41. The van der Waals surface area contributed by atoms with Crippen molar-refractivity contribution in [1.29, 1.82) is 0 Å². The molecule has 7 heteroatoms. The first-order valence-electron chi connectivity index (χ1n) is 12.3. The second-order valence-corrected chi connectivity index (χ2v) is 9.64. The normalized spacial score (nSPS) is 17.3. The van der Waals surface area contributed by atoms with Crippen LogP contribution in [0, 0.1) is 0 Å². The molecule has 2 N–H and O–H groups in total. The molecule has 1 saturated heterocycles. The van der Waals surface area contributed by atoms with Crippen molar-refractivity contribution in [1.82, 2.24) is 10.2 Å². The second kappa shape index (κ2) is 11.0. The molecule has 0 spiro atoms. The fourth-order valence-electron chi connectivity index (χ4n) is 5.11. The summed E-state index contributed by atoms with van der Waals surface area (Å²) in [7, 11) is 0. The molecule has 0 atom stereocenters. The minimum absolute atomic E-state index is 0.0270. The molecule has 4 rings (SSSR count). The van der Waals surface area contributed by atoms with E-state index >= 15 is 0 Å². The number of carbonyl (C=O) groups excluding carboxylic acids is 2. The molecule has 1 heterocycles. The van der Waals surface area contributed by atoms with E-state index < -0.39 is 5.41 Å². The van der Waals surface area contributed by atoms with Gasteiger partial charge in [0.25, 0.3) is 0 Å². The number of nitrogens with zero attached hydrogens (tertiary/aromatic N) is 2. The molecule has 180 valence electrons. The summed E-state index contributed by atoms with van der Waals surface area (Å²) in [5.41, 5.74) is 2.52. The number of carbonyl (C=O) groups is 2. The smallest absolute Gasteiger partial charge is 0.236 e. The van der Waals surface area contributed by atoms with Gasteiger partial charge in [0.05, 0.1) is 5.41 Å². The lowest BCUT2D eigenvalue weighted by atomic mass is 9.78. The minimum atomic E-state index is -0.502. The van der Waals surface area contributed by atoms with Crippen LogP contribution in [0.2, 0.25) is 0 Å². The Balaban J connectivity index is 1.32. The van der Waals surface area contributed by atoms with Gasteiger partial charge in [0, 0.05) is 44.0 Å². The topological polar surface area (TPSA) is 64.7 Å². The fourth-order valence-corrected chi connectivity index (χ4v) is 5.32. The van der Waals surface area contributed by atoms with Crippen LogP contribution in [0.4, 0.5) is 11.4 Å². The number of hydrogen-bond donors (Lipinski definition) is 2. The van der Waals surface area contributed by atoms with Gasteiger partial charge in [-0.3, -0.25) is 9.59 Å². The Morgan fingerprint density at radius 2 is 1.59 bits per heavy atom. The van der Waals surface area contributed by atoms with Crippen LogP contribution < -0.4 is 15.5 Å². The van der Waals surface area contributed by atoms with Crippen molar-refractivity contribution in [2.45, 2.75) is 50.9 Å². The minimum Gasteiger partial charge on any atom is -0.368 e. The van der Waals surface area contributed by atoms with Gasteiger partial charge in [-0.05, 0) is 61.3 Å². The van der Waals surface area contributed by atoms with E-state index in [9.17, 15) is 9.59 Å². The first-order chi connectivity index (χ1) is 16.5. The van der Waals surface area contributed by atoms with Crippen LogP contribution in [0.5, 0.6) is 0 Å². The summed E-state index contributed by atoms with van der Waals surface area (Å²) in [6, 6.07) is 18.1. The molecule has 2 aromatic carbocycles. The average Bonchev–Trinajstić information content (AvgIpc) is 3.37. The van der Waals surface area contributed by atoms with E-state index in [4.69, 9.17) is 12.2 Å². The summed E-state index contributed by atoms with van der Waals surface area (Å²) in [5, 5.41) is 6.43. The van der Waals surface area contributed by atoms with Crippen molar-refractivity contribution >= 4 is 40.5 Å². The SMILES string of the molecule is CCCC(=O)N1CCN(c2ccc(NC(=S)NC(=O)C3(c4ccccc4)CCCC3)cc2)CC1. The lowest BCUT2D eigenvalue weighted by Gasteiger charge is -2.36. The van der Waals surface area contributed by atoms with Crippen LogP contribution in [0.25, 0.3) is 0 Å². The first-order valence-corrected chi connectivity index (χ1v) is 12.7. The van der Waals surface area contributed by atoms with Crippen LogP contribution in [0.1, 0.15) is 51.0 Å². The molecule has 2 aliphatic rings. The summed E-state index contributed by atoms with van der Waals surface area (Å²) in [5.74, 6) is 0.227. The van der Waals surface area contributed by atoms with Gasteiger partial charge >= 0.3 is 0 Å². The van der Waals surface area contributed by atoms with E-state index in [1.807, 2.05) is 54.3 Å². The molecular formula is C27H34N4O2S. The highest BCUT2D eigenvalue weighted by Gasteiger charge is 2.42. The largest absolute Gasteiger partial charge is 0.368 e. The molecule has 0 bridgehead atoms. The number of nitrogens with one attached hydrogen (secondary N) is 2. The first kappa shape index (κ1) is 24.2. The number of thiocarbonyl (C=S) groups is 1. The van der Waals surface area contributed by atoms with Crippen molar-refractivity contribution in [2.75, 3.05) is 36.4 Å². The highest BCUT2D eigenvalue weighted by molar-refractivity contribution is 7.80. The van der Waals surface area contributed by atoms with Crippen LogP contribution in [0.15, 0.2) is 54.6 Å². The summed E-state index contributed by atoms with van der Waals surface area (Å²) < 4.78 is 0. The number of benzene rings is 2. The maximum Gasteiger partial charge on any atom is 0.236 e. The monoisotopic (exact) mass is 478 g/mol. The summed E-state index contributed by atoms with van der Waals surface area (Å²) in [6.45, 7) is 5.23. The number of piperazine rings is 1. The second-order valence-electron chi connectivity index (χ2n) is 9.23. The van der Waals surface area contributed by atoms with Crippen LogP contribution >= 0.6 is 12.2 Å². The Hall–Kier alpha value is -2.93. The zero-order valence-corrected chi connectivity index (χ0v) is 20.7. The van der Waals surface area contributed by atoms with Crippen molar-refractivity contribution < 1.29 is 9.59 Å². The van der Waals surface area contributed by atoms with Crippen LogP contribution in [0.3, 0.4) is 0 Å². The lowest BCUT2D eigenvalue weighted by Crippen LogP contribution is -2.48.